The highest BCUT2D eigenvalue weighted by molar-refractivity contribution is 5.96. The Morgan fingerprint density at radius 1 is 0.846 bits per heavy atom. The van der Waals surface area contributed by atoms with E-state index in [0.29, 0.717) is 0 Å². The van der Waals surface area contributed by atoms with E-state index in [1.165, 1.54) is 0 Å². The van der Waals surface area contributed by atoms with Crippen LogP contribution < -0.4 is 16.0 Å². The van der Waals surface area contributed by atoms with Crippen molar-refractivity contribution in [3.63, 3.8) is 0 Å². The van der Waals surface area contributed by atoms with Gasteiger partial charge < -0.3 is 16.0 Å². The molecule has 0 saturated carbocycles. The van der Waals surface area contributed by atoms with Gasteiger partial charge >= 0.3 is 12.2 Å². The van der Waals surface area contributed by atoms with Crippen LogP contribution in [0.15, 0.2) is 42.5 Å². The van der Waals surface area contributed by atoms with E-state index < -0.39 is 41.9 Å². The van der Waals surface area contributed by atoms with Crippen molar-refractivity contribution in [3.05, 3.63) is 59.7 Å². The Bertz CT molecular complexity index is 807. The summed E-state index contributed by atoms with van der Waals surface area (Å²) in [6.45, 7) is -0.490. The van der Waals surface area contributed by atoms with Gasteiger partial charge in [-0.15, -0.1) is 0 Å². The second kappa shape index (κ2) is 7.81. The average Bonchev–Trinajstić information content (AvgIpc) is 2.56. The zero-order valence-electron chi connectivity index (χ0n) is 13.0. The van der Waals surface area contributed by atoms with Gasteiger partial charge in [0, 0.05) is 17.4 Å². The van der Waals surface area contributed by atoms with Crippen LogP contribution in [0.3, 0.4) is 0 Å². The summed E-state index contributed by atoms with van der Waals surface area (Å²) in [7, 11) is 0. The van der Waals surface area contributed by atoms with Crippen LogP contribution in [0.4, 0.5) is 38.1 Å². The van der Waals surface area contributed by atoms with E-state index in [9.17, 15) is 31.5 Å². The molecular weight excluding hydrogens is 361 g/mol. The quantitative estimate of drug-likeness (QED) is 0.715. The molecule has 0 spiro atoms. The van der Waals surface area contributed by atoms with Gasteiger partial charge in [-0.2, -0.15) is 13.2 Å². The highest BCUT2D eigenvalue weighted by Gasteiger charge is 2.29. The fourth-order valence-electron chi connectivity index (χ4n) is 1.86. The first-order valence-corrected chi connectivity index (χ1v) is 7.12. The van der Waals surface area contributed by atoms with E-state index >= 15 is 0 Å². The Kier molecular flexibility index (Phi) is 5.75. The minimum absolute atomic E-state index is 0.0236. The smallest absolute Gasteiger partial charge is 0.329 e. The highest BCUT2D eigenvalue weighted by atomic mass is 19.4. The molecule has 0 saturated heterocycles. The fourth-order valence-corrected chi connectivity index (χ4v) is 1.86. The predicted octanol–water partition coefficient (Wildman–Crippen LogP) is 3.74. The van der Waals surface area contributed by atoms with Crippen molar-refractivity contribution < 1.29 is 31.5 Å². The van der Waals surface area contributed by atoms with Crippen molar-refractivity contribution in [1.29, 1.82) is 0 Å². The Morgan fingerprint density at radius 2 is 1.46 bits per heavy atom. The molecule has 0 aliphatic carbocycles. The summed E-state index contributed by atoms with van der Waals surface area (Å²) in [5.41, 5.74) is -0.769. The average molecular weight is 373 g/mol. The van der Waals surface area contributed by atoms with Crippen molar-refractivity contribution in [2.45, 2.75) is 6.18 Å². The molecule has 3 amide bonds. The molecule has 0 radical (unpaired) electrons. The predicted molar refractivity (Wildman–Crippen MR) is 83.5 cm³/mol. The standard InChI is InChI=1S/C16H12F5N3O2/c17-12-6-5-11(7-13(12)18)24-15(26)22-8-14(25)23-10-3-1-9(2-4-10)16(19,20)21/h1-7H,8H2,(H,23,25)(H2,22,24,26). The highest BCUT2D eigenvalue weighted by Crippen LogP contribution is 2.29. The third-order valence-corrected chi connectivity index (χ3v) is 3.08. The molecule has 5 nitrogen and oxygen atoms in total. The number of alkyl halides is 3. The lowest BCUT2D eigenvalue weighted by molar-refractivity contribution is -0.137. The summed E-state index contributed by atoms with van der Waals surface area (Å²) in [5, 5.41) is 6.65. The first kappa shape index (κ1) is 19.2. The molecule has 0 aliphatic heterocycles. The molecule has 2 rings (SSSR count). The Balaban J connectivity index is 1.82. The molecule has 26 heavy (non-hydrogen) atoms. The third-order valence-electron chi connectivity index (χ3n) is 3.08. The van der Waals surface area contributed by atoms with E-state index in [1.807, 2.05) is 0 Å². The normalized spacial score (nSPS) is 11.0. The Labute approximate surface area is 144 Å². The topological polar surface area (TPSA) is 70.2 Å². The van der Waals surface area contributed by atoms with E-state index in [2.05, 4.69) is 16.0 Å². The van der Waals surface area contributed by atoms with E-state index in [0.717, 1.165) is 42.5 Å². The van der Waals surface area contributed by atoms with Crippen LogP contribution in [0.2, 0.25) is 0 Å². The third kappa shape index (κ3) is 5.43. The molecule has 138 valence electrons. The maximum Gasteiger partial charge on any atom is 0.416 e. The number of benzene rings is 2. The lowest BCUT2D eigenvalue weighted by atomic mass is 10.2. The molecule has 0 aromatic heterocycles. The minimum Gasteiger partial charge on any atom is -0.329 e. The molecule has 10 heteroatoms. The zero-order valence-corrected chi connectivity index (χ0v) is 13.0. The molecule has 0 aliphatic rings. The van der Waals surface area contributed by atoms with Gasteiger partial charge in [-0.1, -0.05) is 0 Å². The van der Waals surface area contributed by atoms with Crippen molar-refractivity contribution >= 4 is 23.3 Å². The number of amides is 3. The molecular formula is C16H12F5N3O2. The fraction of sp³-hybridized carbons (Fsp3) is 0.125. The molecule has 0 bridgehead atoms. The summed E-state index contributed by atoms with van der Waals surface area (Å²) in [6, 6.07) is 5.61. The summed E-state index contributed by atoms with van der Waals surface area (Å²) >= 11 is 0. The van der Waals surface area contributed by atoms with E-state index in [4.69, 9.17) is 0 Å². The van der Waals surface area contributed by atoms with E-state index in [1.54, 1.807) is 0 Å². The van der Waals surface area contributed by atoms with Gasteiger partial charge in [0.1, 0.15) is 0 Å². The number of hydrogen-bond acceptors (Lipinski definition) is 2. The number of urea groups is 1. The minimum atomic E-state index is -4.48. The van der Waals surface area contributed by atoms with Gasteiger partial charge in [-0.05, 0) is 36.4 Å². The first-order chi connectivity index (χ1) is 12.1. The molecule has 2 aromatic rings. The molecule has 0 heterocycles. The molecule has 2 aromatic carbocycles. The molecule has 0 unspecified atom stereocenters. The molecule has 0 fully saturated rings. The summed E-state index contributed by atoms with van der Waals surface area (Å²) in [5.74, 6) is -2.92. The number of carbonyl (C=O) groups excluding carboxylic acids is 2. The monoisotopic (exact) mass is 373 g/mol. The van der Waals surface area contributed by atoms with E-state index in [-0.39, 0.29) is 11.4 Å². The summed E-state index contributed by atoms with van der Waals surface area (Å²) in [6.07, 6.45) is -4.48. The number of hydrogen-bond donors (Lipinski definition) is 3. The second-order valence-electron chi connectivity index (χ2n) is 5.06. The largest absolute Gasteiger partial charge is 0.416 e. The van der Waals surface area contributed by atoms with Gasteiger partial charge in [0.15, 0.2) is 11.6 Å². The van der Waals surface area contributed by atoms with Crippen LogP contribution >= 0.6 is 0 Å². The SMILES string of the molecule is O=C(CNC(=O)Nc1ccc(F)c(F)c1)Nc1ccc(C(F)(F)F)cc1. The van der Waals surface area contributed by atoms with Gasteiger partial charge in [0.2, 0.25) is 5.91 Å². The molecule has 0 atom stereocenters. The number of rotatable bonds is 4. The van der Waals surface area contributed by atoms with Gasteiger partial charge in [-0.25, -0.2) is 13.6 Å². The Morgan fingerprint density at radius 3 is 2.04 bits per heavy atom. The number of nitrogens with one attached hydrogen (secondary N) is 3. The first-order valence-electron chi connectivity index (χ1n) is 7.12. The maximum atomic E-state index is 13.0. The van der Waals surface area contributed by atoms with Gasteiger partial charge in [0.05, 0.1) is 12.1 Å². The zero-order chi connectivity index (χ0) is 19.3. The van der Waals surface area contributed by atoms with Crippen LogP contribution in [-0.2, 0) is 11.0 Å². The maximum absolute atomic E-state index is 13.0. The van der Waals surface area contributed by atoms with Crippen molar-refractivity contribution in [3.8, 4) is 0 Å². The van der Waals surface area contributed by atoms with Crippen LogP contribution in [0.1, 0.15) is 5.56 Å². The van der Waals surface area contributed by atoms with Crippen molar-refractivity contribution in [2.24, 2.45) is 0 Å². The van der Waals surface area contributed by atoms with Crippen LogP contribution in [0.5, 0.6) is 0 Å². The van der Waals surface area contributed by atoms with Crippen molar-refractivity contribution in [2.75, 3.05) is 17.2 Å². The lowest BCUT2D eigenvalue weighted by Gasteiger charge is -2.10. The Hall–Kier alpha value is -3.17. The van der Waals surface area contributed by atoms with Gasteiger partial charge in [0.25, 0.3) is 0 Å². The summed E-state index contributed by atoms with van der Waals surface area (Å²) in [4.78, 5) is 23.2. The van der Waals surface area contributed by atoms with Crippen LogP contribution in [-0.4, -0.2) is 18.5 Å². The second-order valence-corrected chi connectivity index (χ2v) is 5.06. The van der Waals surface area contributed by atoms with Crippen LogP contribution in [0.25, 0.3) is 0 Å². The lowest BCUT2D eigenvalue weighted by Crippen LogP contribution is -2.35. The number of carbonyl (C=O) groups is 2. The van der Waals surface area contributed by atoms with Crippen LogP contribution in [0, 0.1) is 11.6 Å². The number of anilines is 2. The number of halogens is 5. The molecule has 3 N–H and O–H groups in total. The summed E-state index contributed by atoms with van der Waals surface area (Å²) < 4.78 is 63.1. The van der Waals surface area contributed by atoms with Gasteiger partial charge in [-0.3, -0.25) is 4.79 Å². The van der Waals surface area contributed by atoms with Crippen molar-refractivity contribution in [1.82, 2.24) is 5.32 Å².